The molecule has 0 fully saturated rings. The molecular weight excluding hydrogens is 432 g/mol. The van der Waals surface area contributed by atoms with Crippen molar-refractivity contribution in [3.63, 3.8) is 0 Å². The smallest absolute Gasteiger partial charge is 0.251 e. The molecule has 0 atom stereocenters. The number of hydrogen-bond donors (Lipinski definition) is 1. The van der Waals surface area contributed by atoms with Gasteiger partial charge in [0.05, 0.1) is 4.90 Å². The van der Waals surface area contributed by atoms with Gasteiger partial charge in [0.15, 0.2) is 0 Å². The van der Waals surface area contributed by atoms with E-state index in [0.717, 1.165) is 22.0 Å². The first-order valence-corrected chi connectivity index (χ1v) is 12.0. The van der Waals surface area contributed by atoms with Gasteiger partial charge >= 0.3 is 0 Å². The summed E-state index contributed by atoms with van der Waals surface area (Å²) >= 11 is 0. The molecule has 4 aromatic rings. The quantitative estimate of drug-likeness (QED) is 0.462. The highest BCUT2D eigenvalue weighted by atomic mass is 32.2. The summed E-state index contributed by atoms with van der Waals surface area (Å²) in [5.41, 5.74) is 4.12. The number of fused-ring (bicyclic) bond motifs is 1. The fraction of sp³-hybridized carbons (Fsp3) is 0.148. The Bertz CT molecular complexity index is 1510. The third kappa shape index (κ3) is 5.23. The molecule has 0 amide bonds. The Morgan fingerprint density at radius 1 is 0.879 bits per heavy atom. The van der Waals surface area contributed by atoms with Gasteiger partial charge < -0.3 is 4.98 Å². The molecule has 3 aromatic carbocycles. The van der Waals surface area contributed by atoms with E-state index in [2.05, 4.69) is 29.0 Å². The molecule has 1 N–H and O–H groups in total. The van der Waals surface area contributed by atoms with Crippen LogP contribution in [0.5, 0.6) is 0 Å². The summed E-state index contributed by atoms with van der Waals surface area (Å²) in [7, 11) is -0.485. The highest BCUT2D eigenvalue weighted by Gasteiger charge is 2.16. The second-order valence-corrected chi connectivity index (χ2v) is 10.1. The first kappa shape index (κ1) is 22.5. The van der Waals surface area contributed by atoms with E-state index >= 15 is 0 Å². The Labute approximate surface area is 193 Å². The van der Waals surface area contributed by atoms with Gasteiger partial charge in [-0.1, -0.05) is 54.3 Å². The number of rotatable bonds is 5. The summed E-state index contributed by atoms with van der Waals surface area (Å²) < 4.78 is 25.7. The number of hydrogen-bond acceptors (Lipinski definition) is 3. The minimum Gasteiger partial charge on any atom is -0.322 e. The second kappa shape index (κ2) is 9.45. The summed E-state index contributed by atoms with van der Waals surface area (Å²) in [6, 6.07) is 24.3. The van der Waals surface area contributed by atoms with Gasteiger partial charge in [-0.05, 0) is 52.9 Å². The molecule has 0 radical (unpaired) electrons. The number of aromatic amines is 1. The van der Waals surface area contributed by atoms with Gasteiger partial charge in [0, 0.05) is 43.6 Å². The van der Waals surface area contributed by atoms with Crippen LogP contribution in [0.15, 0.2) is 88.6 Å². The molecule has 1 aromatic heterocycles. The number of benzene rings is 3. The van der Waals surface area contributed by atoms with Crippen LogP contribution in [0.4, 0.5) is 0 Å². The number of sulfonamides is 1. The lowest BCUT2D eigenvalue weighted by Gasteiger charge is -2.11. The van der Waals surface area contributed by atoms with Crippen molar-refractivity contribution in [3.8, 4) is 11.8 Å². The maximum absolute atomic E-state index is 12.6. The molecule has 33 heavy (non-hydrogen) atoms. The number of nitrogens with one attached hydrogen (secondary N) is 1. The van der Waals surface area contributed by atoms with Crippen molar-refractivity contribution in [2.45, 2.75) is 17.7 Å². The van der Waals surface area contributed by atoms with Crippen LogP contribution < -0.4 is 5.56 Å². The van der Waals surface area contributed by atoms with Crippen LogP contribution in [0.25, 0.3) is 10.9 Å². The van der Waals surface area contributed by atoms with Gasteiger partial charge in [0.2, 0.25) is 10.0 Å². The summed E-state index contributed by atoms with van der Waals surface area (Å²) in [4.78, 5) is 15.7. The largest absolute Gasteiger partial charge is 0.322 e. The fourth-order valence-electron chi connectivity index (χ4n) is 3.52. The predicted octanol–water partition coefficient (Wildman–Crippen LogP) is 3.96. The molecule has 4 rings (SSSR count). The molecular formula is C27H24N2O3S. The van der Waals surface area contributed by atoms with Crippen LogP contribution in [0.3, 0.4) is 0 Å². The van der Waals surface area contributed by atoms with Gasteiger partial charge in [-0.25, -0.2) is 12.7 Å². The van der Waals surface area contributed by atoms with E-state index in [1.807, 2.05) is 42.5 Å². The molecule has 6 heteroatoms. The van der Waals surface area contributed by atoms with E-state index in [9.17, 15) is 13.2 Å². The summed E-state index contributed by atoms with van der Waals surface area (Å²) in [5.74, 6) is 6.39. The average Bonchev–Trinajstić information content (AvgIpc) is 2.81. The monoisotopic (exact) mass is 456 g/mol. The Balaban J connectivity index is 1.57. The van der Waals surface area contributed by atoms with E-state index in [1.165, 1.54) is 24.0 Å². The zero-order chi connectivity index (χ0) is 23.4. The summed E-state index contributed by atoms with van der Waals surface area (Å²) in [5, 5.41) is 0.905. The average molecular weight is 457 g/mol. The van der Waals surface area contributed by atoms with Crippen LogP contribution in [0.2, 0.25) is 0 Å². The lowest BCUT2D eigenvalue weighted by atomic mass is 10.0. The van der Waals surface area contributed by atoms with Crippen LogP contribution in [-0.4, -0.2) is 31.8 Å². The predicted molar refractivity (Wildman–Crippen MR) is 132 cm³/mol. The first-order chi connectivity index (χ1) is 15.8. The number of pyridine rings is 1. The highest BCUT2D eigenvalue weighted by Crippen LogP contribution is 2.18. The van der Waals surface area contributed by atoms with Crippen molar-refractivity contribution in [1.82, 2.24) is 9.29 Å². The highest BCUT2D eigenvalue weighted by molar-refractivity contribution is 7.89. The molecule has 0 saturated carbocycles. The van der Waals surface area contributed by atoms with Gasteiger partial charge in [-0.3, -0.25) is 4.79 Å². The molecule has 0 unspecified atom stereocenters. The van der Waals surface area contributed by atoms with Gasteiger partial charge in [0.25, 0.3) is 5.56 Å². The Hall–Kier alpha value is -3.66. The van der Waals surface area contributed by atoms with E-state index in [1.54, 1.807) is 24.3 Å². The number of nitrogens with zero attached hydrogens (tertiary/aromatic N) is 1. The van der Waals surface area contributed by atoms with Crippen LogP contribution in [-0.2, 0) is 22.9 Å². The molecule has 1 heterocycles. The van der Waals surface area contributed by atoms with Crippen LogP contribution in [0, 0.1) is 11.8 Å². The van der Waals surface area contributed by atoms with Crippen molar-refractivity contribution in [3.05, 3.63) is 111 Å². The second-order valence-electron chi connectivity index (χ2n) is 8.00. The van der Waals surface area contributed by atoms with E-state index < -0.39 is 10.0 Å². The van der Waals surface area contributed by atoms with E-state index in [-0.39, 0.29) is 10.5 Å². The maximum Gasteiger partial charge on any atom is 0.251 e. The zero-order valence-electron chi connectivity index (χ0n) is 18.5. The van der Waals surface area contributed by atoms with Crippen LogP contribution >= 0.6 is 0 Å². The number of H-pyrrole nitrogens is 1. The van der Waals surface area contributed by atoms with Crippen molar-refractivity contribution in [2.75, 3.05) is 14.1 Å². The minimum absolute atomic E-state index is 0.157. The Kier molecular flexibility index (Phi) is 6.45. The van der Waals surface area contributed by atoms with Crippen LogP contribution in [0.1, 0.15) is 22.3 Å². The fourth-order valence-corrected chi connectivity index (χ4v) is 4.42. The molecule has 0 saturated heterocycles. The zero-order valence-corrected chi connectivity index (χ0v) is 19.3. The third-order valence-corrected chi connectivity index (χ3v) is 7.22. The molecule has 0 aliphatic rings. The third-order valence-electron chi connectivity index (χ3n) is 5.39. The normalized spacial score (nSPS) is 11.4. The maximum atomic E-state index is 12.6. The SMILES string of the molecule is CN(C)S(=O)(=O)c1ccc(Cc2cc3cc(C#CCc4ccccc4)ccc3[nH]c2=O)cc1. The van der Waals surface area contributed by atoms with Gasteiger partial charge in [-0.15, -0.1) is 0 Å². The Morgan fingerprint density at radius 2 is 1.61 bits per heavy atom. The number of aromatic nitrogens is 1. The van der Waals surface area contributed by atoms with E-state index in [0.29, 0.717) is 18.4 Å². The topological polar surface area (TPSA) is 70.2 Å². The van der Waals surface area contributed by atoms with Gasteiger partial charge in [0.1, 0.15) is 0 Å². The first-order valence-electron chi connectivity index (χ1n) is 10.5. The lowest BCUT2D eigenvalue weighted by molar-refractivity contribution is 0.520. The molecule has 166 valence electrons. The van der Waals surface area contributed by atoms with E-state index in [4.69, 9.17) is 0 Å². The molecule has 0 bridgehead atoms. The Morgan fingerprint density at radius 3 is 2.30 bits per heavy atom. The molecule has 0 aliphatic heterocycles. The van der Waals surface area contributed by atoms with Crippen molar-refractivity contribution in [2.24, 2.45) is 0 Å². The minimum atomic E-state index is -3.48. The van der Waals surface area contributed by atoms with Crippen molar-refractivity contribution in [1.29, 1.82) is 0 Å². The van der Waals surface area contributed by atoms with Crippen molar-refractivity contribution < 1.29 is 8.42 Å². The summed E-state index contributed by atoms with van der Waals surface area (Å²) in [6.45, 7) is 0. The van der Waals surface area contributed by atoms with Crippen molar-refractivity contribution >= 4 is 20.9 Å². The summed E-state index contributed by atoms with van der Waals surface area (Å²) in [6.07, 6.45) is 1.08. The standard InChI is InChI=1S/C27H24N2O3S/c1-29(2)33(31,32)25-14-11-22(12-15-25)18-24-19-23-17-21(13-16-26(23)28-27(24)30)10-6-9-20-7-4-3-5-8-20/h3-5,7-8,11-17,19H,9,18H2,1-2H3,(H,28,30). The molecule has 0 aliphatic carbocycles. The molecule has 0 spiro atoms. The lowest BCUT2D eigenvalue weighted by Crippen LogP contribution is -2.22. The van der Waals surface area contributed by atoms with Gasteiger partial charge in [-0.2, -0.15) is 0 Å². The molecule has 5 nitrogen and oxygen atoms in total.